The van der Waals surface area contributed by atoms with Gasteiger partial charge in [-0.3, -0.25) is 0 Å². The molecule has 2 nitrogen and oxygen atoms in total. The third-order valence-electron chi connectivity index (χ3n) is 1.59. The summed E-state index contributed by atoms with van der Waals surface area (Å²) in [4.78, 5) is 4.24. The lowest BCUT2D eigenvalue weighted by Gasteiger charge is -2.15. The van der Waals surface area contributed by atoms with Crippen LogP contribution in [0.15, 0.2) is 16.9 Å². The number of rotatable bonds is 2. The van der Waals surface area contributed by atoms with Gasteiger partial charge in [-0.25, -0.2) is 4.99 Å². The molecule has 1 aliphatic heterocycles. The zero-order chi connectivity index (χ0) is 8.27. The maximum absolute atomic E-state index is 4.24. The molecule has 1 N–H and O–H groups in total. The van der Waals surface area contributed by atoms with E-state index in [4.69, 9.17) is 0 Å². The number of nitrogens with zero attached hydrogens (tertiary/aromatic N) is 1. The van der Waals surface area contributed by atoms with Crippen LogP contribution >= 0.6 is 0 Å². The zero-order valence-electron chi connectivity index (χ0n) is 7.46. The second-order valence-corrected chi connectivity index (χ2v) is 3.38. The van der Waals surface area contributed by atoms with Crippen molar-refractivity contribution < 1.29 is 0 Å². The summed E-state index contributed by atoms with van der Waals surface area (Å²) in [6, 6.07) is 0.476. The lowest BCUT2D eigenvalue weighted by molar-refractivity contribution is 0.638. The van der Waals surface area contributed by atoms with Crippen LogP contribution in [-0.2, 0) is 0 Å². The van der Waals surface area contributed by atoms with Gasteiger partial charge >= 0.3 is 0 Å². The Labute approximate surface area is 68.4 Å². The van der Waals surface area contributed by atoms with E-state index >= 15 is 0 Å². The van der Waals surface area contributed by atoms with Crippen molar-refractivity contribution in [2.75, 3.05) is 0 Å². The third-order valence-corrected chi connectivity index (χ3v) is 1.59. The molecule has 1 heterocycles. The van der Waals surface area contributed by atoms with Gasteiger partial charge in [0.15, 0.2) is 0 Å². The van der Waals surface area contributed by atoms with Gasteiger partial charge in [0.1, 0.15) is 5.82 Å². The first kappa shape index (κ1) is 8.31. The van der Waals surface area contributed by atoms with E-state index in [1.807, 2.05) is 6.21 Å². The van der Waals surface area contributed by atoms with E-state index in [2.05, 4.69) is 37.2 Å². The van der Waals surface area contributed by atoms with Crippen LogP contribution in [0.1, 0.15) is 27.2 Å². The van der Waals surface area contributed by atoms with Gasteiger partial charge in [-0.2, -0.15) is 0 Å². The van der Waals surface area contributed by atoms with Crippen LogP contribution in [0.4, 0.5) is 0 Å². The van der Waals surface area contributed by atoms with Crippen molar-refractivity contribution in [2.24, 2.45) is 10.9 Å². The monoisotopic (exact) mass is 152 g/mol. The summed E-state index contributed by atoms with van der Waals surface area (Å²) in [6.45, 7) is 6.44. The van der Waals surface area contributed by atoms with Gasteiger partial charge < -0.3 is 5.32 Å². The molecule has 1 atom stereocenters. The fourth-order valence-corrected chi connectivity index (χ4v) is 1.08. The molecule has 0 fully saturated rings. The number of aliphatic imine (C=N–C) groups is 1. The molecule has 1 unspecified atom stereocenters. The van der Waals surface area contributed by atoms with Crippen molar-refractivity contribution in [1.82, 2.24) is 5.32 Å². The highest BCUT2D eigenvalue weighted by Gasteiger charge is 2.05. The minimum Gasteiger partial charge on any atom is -0.368 e. The highest BCUT2D eigenvalue weighted by molar-refractivity contribution is 5.61. The molecule has 0 aliphatic carbocycles. The Hall–Kier alpha value is -0.790. The van der Waals surface area contributed by atoms with Crippen LogP contribution in [0.25, 0.3) is 0 Å². The first-order valence-electron chi connectivity index (χ1n) is 4.19. The summed E-state index contributed by atoms with van der Waals surface area (Å²) in [6.07, 6.45) is 5.23. The topological polar surface area (TPSA) is 24.4 Å². The summed E-state index contributed by atoms with van der Waals surface area (Å²) >= 11 is 0. The average Bonchev–Trinajstić information content (AvgIpc) is 1.85. The standard InChI is InChI=1S/C9H16N2/c1-7(2)11-9-6-8(3)4-5-10-9/h5-8,11H,4H2,1-3H3. The van der Waals surface area contributed by atoms with Crippen LogP contribution in [0.5, 0.6) is 0 Å². The summed E-state index contributed by atoms with van der Waals surface area (Å²) in [5.74, 6) is 1.66. The molecular formula is C9H16N2. The lowest BCUT2D eigenvalue weighted by atomic mass is 10.1. The van der Waals surface area contributed by atoms with E-state index in [1.165, 1.54) is 0 Å². The first-order chi connectivity index (χ1) is 5.18. The maximum atomic E-state index is 4.24. The molecule has 0 saturated heterocycles. The van der Waals surface area contributed by atoms with Gasteiger partial charge in [0, 0.05) is 12.3 Å². The van der Waals surface area contributed by atoms with Crippen molar-refractivity contribution in [2.45, 2.75) is 33.2 Å². The highest BCUT2D eigenvalue weighted by Crippen LogP contribution is 2.10. The summed E-state index contributed by atoms with van der Waals surface area (Å²) < 4.78 is 0. The number of hydrogen-bond donors (Lipinski definition) is 1. The van der Waals surface area contributed by atoms with Crippen molar-refractivity contribution in [3.05, 3.63) is 11.9 Å². The minimum atomic E-state index is 0.476. The molecule has 2 heteroatoms. The Morgan fingerprint density at radius 2 is 2.36 bits per heavy atom. The molecule has 0 spiro atoms. The Morgan fingerprint density at radius 1 is 1.64 bits per heavy atom. The molecule has 11 heavy (non-hydrogen) atoms. The molecule has 0 aromatic heterocycles. The summed E-state index contributed by atoms with van der Waals surface area (Å²) in [7, 11) is 0. The van der Waals surface area contributed by atoms with Crippen molar-refractivity contribution in [3.8, 4) is 0 Å². The molecular weight excluding hydrogens is 136 g/mol. The molecule has 1 rings (SSSR count). The largest absolute Gasteiger partial charge is 0.368 e. The second-order valence-electron chi connectivity index (χ2n) is 3.38. The Morgan fingerprint density at radius 3 is 2.91 bits per heavy atom. The molecule has 0 radical (unpaired) electrons. The first-order valence-corrected chi connectivity index (χ1v) is 4.19. The minimum absolute atomic E-state index is 0.476. The van der Waals surface area contributed by atoms with Crippen LogP contribution in [-0.4, -0.2) is 12.3 Å². The van der Waals surface area contributed by atoms with Crippen LogP contribution < -0.4 is 5.32 Å². The van der Waals surface area contributed by atoms with Crippen LogP contribution in [0.2, 0.25) is 0 Å². The molecule has 1 aliphatic rings. The van der Waals surface area contributed by atoms with Gasteiger partial charge in [-0.05, 0) is 32.3 Å². The molecule has 0 saturated carbocycles. The van der Waals surface area contributed by atoms with Gasteiger partial charge in [0.2, 0.25) is 0 Å². The Kier molecular flexibility index (Phi) is 2.69. The van der Waals surface area contributed by atoms with Gasteiger partial charge in [0.25, 0.3) is 0 Å². The highest BCUT2D eigenvalue weighted by atomic mass is 15.0. The van der Waals surface area contributed by atoms with Gasteiger partial charge in [-0.15, -0.1) is 0 Å². The number of hydrogen-bond acceptors (Lipinski definition) is 2. The summed E-state index contributed by atoms with van der Waals surface area (Å²) in [5, 5.41) is 3.28. The smallest absolute Gasteiger partial charge is 0.121 e. The average molecular weight is 152 g/mol. The van der Waals surface area contributed by atoms with Crippen molar-refractivity contribution in [1.29, 1.82) is 0 Å². The number of nitrogens with one attached hydrogen (secondary N) is 1. The van der Waals surface area contributed by atoms with Gasteiger partial charge in [0.05, 0.1) is 0 Å². The molecule has 0 bridgehead atoms. The SMILES string of the molecule is CC1C=C(NC(C)C)N=CC1. The quantitative estimate of drug-likeness (QED) is 0.642. The third kappa shape index (κ3) is 2.74. The van der Waals surface area contributed by atoms with Gasteiger partial charge in [-0.1, -0.05) is 6.92 Å². The fourth-order valence-electron chi connectivity index (χ4n) is 1.08. The van der Waals surface area contributed by atoms with Crippen molar-refractivity contribution in [3.63, 3.8) is 0 Å². The van der Waals surface area contributed by atoms with E-state index < -0.39 is 0 Å². The van der Waals surface area contributed by atoms with Crippen molar-refractivity contribution >= 4 is 6.21 Å². The van der Waals surface area contributed by atoms with E-state index in [0.717, 1.165) is 12.2 Å². The van der Waals surface area contributed by atoms with Crippen LogP contribution in [0, 0.1) is 5.92 Å². The zero-order valence-corrected chi connectivity index (χ0v) is 7.46. The van der Waals surface area contributed by atoms with E-state index in [0.29, 0.717) is 12.0 Å². The second kappa shape index (κ2) is 3.56. The maximum Gasteiger partial charge on any atom is 0.121 e. The Bertz CT molecular complexity index is 180. The van der Waals surface area contributed by atoms with E-state index in [-0.39, 0.29) is 0 Å². The fraction of sp³-hybridized carbons (Fsp3) is 0.667. The van der Waals surface area contributed by atoms with E-state index in [9.17, 15) is 0 Å². The van der Waals surface area contributed by atoms with Crippen LogP contribution in [0.3, 0.4) is 0 Å². The predicted molar refractivity (Wildman–Crippen MR) is 48.6 cm³/mol. The Balaban J connectivity index is 2.50. The normalized spacial score (nSPS) is 23.6. The molecule has 0 amide bonds. The summed E-state index contributed by atoms with van der Waals surface area (Å²) in [5.41, 5.74) is 0. The number of allylic oxidation sites excluding steroid dienone is 1. The molecule has 0 aromatic carbocycles. The lowest BCUT2D eigenvalue weighted by Crippen LogP contribution is -2.22. The van der Waals surface area contributed by atoms with E-state index in [1.54, 1.807) is 0 Å². The molecule has 0 aromatic rings. The predicted octanol–water partition coefficient (Wildman–Crippen LogP) is 1.94. The molecule has 62 valence electrons.